The van der Waals surface area contributed by atoms with Gasteiger partial charge in [-0.3, -0.25) is 28.9 Å². The van der Waals surface area contributed by atoms with Gasteiger partial charge in [0.25, 0.3) is 11.8 Å². The van der Waals surface area contributed by atoms with Crippen molar-refractivity contribution in [3.63, 3.8) is 0 Å². The Bertz CT molecular complexity index is 1320. The number of amides is 3. The SMILES string of the molecule is O=C(Nc1ccn(Cc2ccccn2)n1)C(Cc1ccccc1)N1C(=O)c2ccccc2C1=O. The first-order chi connectivity index (χ1) is 16.6. The van der Waals surface area contributed by atoms with Crippen LogP contribution in [0.4, 0.5) is 5.82 Å². The van der Waals surface area contributed by atoms with E-state index >= 15 is 0 Å². The van der Waals surface area contributed by atoms with Crippen LogP contribution in [0.15, 0.2) is 91.3 Å². The molecule has 1 aliphatic heterocycles. The zero-order valence-electron chi connectivity index (χ0n) is 18.2. The van der Waals surface area contributed by atoms with Crippen LogP contribution in [0.25, 0.3) is 0 Å². The minimum absolute atomic E-state index is 0.187. The van der Waals surface area contributed by atoms with Gasteiger partial charge < -0.3 is 5.32 Å². The quantitative estimate of drug-likeness (QED) is 0.436. The highest BCUT2D eigenvalue weighted by atomic mass is 16.2. The normalized spacial score (nSPS) is 13.6. The molecule has 0 radical (unpaired) electrons. The number of hydrogen-bond donors (Lipinski definition) is 1. The molecule has 0 aliphatic carbocycles. The van der Waals surface area contributed by atoms with Gasteiger partial charge >= 0.3 is 0 Å². The Kier molecular flexibility index (Phi) is 5.70. The first kappa shape index (κ1) is 21.3. The number of carbonyl (C=O) groups excluding carboxylic acids is 3. The highest BCUT2D eigenvalue weighted by Crippen LogP contribution is 2.26. The number of pyridine rings is 1. The molecule has 0 fully saturated rings. The van der Waals surface area contributed by atoms with E-state index in [0.717, 1.165) is 16.2 Å². The van der Waals surface area contributed by atoms with Crippen LogP contribution >= 0.6 is 0 Å². The second-order valence-corrected chi connectivity index (χ2v) is 7.94. The number of aromatic nitrogens is 3. The van der Waals surface area contributed by atoms with Crippen molar-refractivity contribution in [3.8, 4) is 0 Å². The van der Waals surface area contributed by atoms with Crippen LogP contribution in [0.3, 0.4) is 0 Å². The number of fused-ring (bicyclic) bond motifs is 1. The monoisotopic (exact) mass is 451 g/mol. The molecule has 0 saturated carbocycles. The van der Waals surface area contributed by atoms with Crippen LogP contribution in [0.5, 0.6) is 0 Å². The second kappa shape index (κ2) is 9.11. The lowest BCUT2D eigenvalue weighted by molar-refractivity contribution is -0.120. The molecular formula is C26H21N5O3. The number of rotatable bonds is 7. The molecule has 1 N–H and O–H groups in total. The van der Waals surface area contributed by atoms with Crippen LogP contribution < -0.4 is 5.32 Å². The zero-order valence-corrected chi connectivity index (χ0v) is 18.2. The van der Waals surface area contributed by atoms with Crippen LogP contribution in [-0.2, 0) is 17.8 Å². The molecule has 4 aromatic rings. The Morgan fingerprint density at radius 2 is 1.53 bits per heavy atom. The van der Waals surface area contributed by atoms with Crippen molar-refractivity contribution in [1.82, 2.24) is 19.7 Å². The van der Waals surface area contributed by atoms with Gasteiger partial charge in [0.05, 0.1) is 23.4 Å². The van der Waals surface area contributed by atoms with E-state index in [9.17, 15) is 14.4 Å². The zero-order chi connectivity index (χ0) is 23.5. The fourth-order valence-corrected chi connectivity index (χ4v) is 4.01. The van der Waals surface area contributed by atoms with Gasteiger partial charge in [-0.2, -0.15) is 5.10 Å². The number of carbonyl (C=O) groups is 3. The number of nitrogens with one attached hydrogen (secondary N) is 1. The summed E-state index contributed by atoms with van der Waals surface area (Å²) in [5, 5.41) is 7.17. The molecule has 3 heterocycles. The molecule has 2 aromatic heterocycles. The molecule has 0 bridgehead atoms. The Morgan fingerprint density at radius 3 is 2.21 bits per heavy atom. The van der Waals surface area contributed by atoms with E-state index in [-0.39, 0.29) is 6.42 Å². The largest absolute Gasteiger partial charge is 0.307 e. The van der Waals surface area contributed by atoms with E-state index in [0.29, 0.717) is 23.5 Å². The van der Waals surface area contributed by atoms with E-state index in [4.69, 9.17) is 0 Å². The molecule has 3 amide bonds. The molecule has 5 rings (SSSR count). The standard InChI is InChI=1S/C26H21N5O3/c32-24(28-23-13-15-30(29-23)17-19-10-6-7-14-27-19)22(16-18-8-2-1-3-9-18)31-25(33)20-11-4-5-12-21(20)26(31)34/h1-15,22H,16-17H2,(H,28,29,32). The number of anilines is 1. The van der Waals surface area contributed by atoms with Gasteiger partial charge in [0.15, 0.2) is 5.82 Å². The summed E-state index contributed by atoms with van der Waals surface area (Å²) in [4.78, 5) is 44.9. The highest BCUT2D eigenvalue weighted by Gasteiger charge is 2.42. The number of nitrogens with zero attached hydrogens (tertiary/aromatic N) is 4. The van der Waals surface area contributed by atoms with Gasteiger partial charge in [0.2, 0.25) is 5.91 Å². The summed E-state index contributed by atoms with van der Waals surface area (Å²) in [6.45, 7) is 0.447. The molecule has 8 heteroatoms. The maximum atomic E-state index is 13.4. The number of hydrogen-bond acceptors (Lipinski definition) is 5. The smallest absolute Gasteiger partial charge is 0.262 e. The summed E-state index contributed by atoms with van der Waals surface area (Å²) in [5.74, 6) is -1.10. The molecule has 0 spiro atoms. The number of imide groups is 1. The molecule has 1 aliphatic rings. The second-order valence-electron chi connectivity index (χ2n) is 7.94. The fraction of sp³-hybridized carbons (Fsp3) is 0.115. The lowest BCUT2D eigenvalue weighted by atomic mass is 10.0. The van der Waals surface area contributed by atoms with E-state index in [1.807, 2.05) is 48.5 Å². The summed E-state index contributed by atoms with van der Waals surface area (Å²) in [7, 11) is 0. The summed E-state index contributed by atoms with van der Waals surface area (Å²) >= 11 is 0. The van der Waals surface area contributed by atoms with E-state index in [1.54, 1.807) is 47.4 Å². The van der Waals surface area contributed by atoms with Gasteiger partial charge in [-0.25, -0.2) is 0 Å². The van der Waals surface area contributed by atoms with Gasteiger partial charge in [-0.1, -0.05) is 48.5 Å². The molecule has 0 saturated heterocycles. The summed E-state index contributed by atoms with van der Waals surface area (Å²) < 4.78 is 1.66. The van der Waals surface area contributed by atoms with Crippen LogP contribution in [-0.4, -0.2) is 43.4 Å². The highest BCUT2D eigenvalue weighted by molar-refractivity contribution is 6.23. The first-order valence-electron chi connectivity index (χ1n) is 10.9. The summed E-state index contributed by atoms with van der Waals surface area (Å²) in [6.07, 6.45) is 3.63. The molecular weight excluding hydrogens is 430 g/mol. The molecule has 2 aromatic carbocycles. The van der Waals surface area contributed by atoms with Crippen molar-refractivity contribution in [2.24, 2.45) is 0 Å². The Labute approximate surface area is 195 Å². The lowest BCUT2D eigenvalue weighted by Crippen LogP contribution is -2.48. The van der Waals surface area contributed by atoms with Gasteiger partial charge in [-0.15, -0.1) is 0 Å². The van der Waals surface area contributed by atoms with E-state index < -0.39 is 23.8 Å². The summed E-state index contributed by atoms with van der Waals surface area (Å²) in [5.41, 5.74) is 2.27. The number of benzene rings is 2. The van der Waals surface area contributed by atoms with Crippen LogP contribution in [0.2, 0.25) is 0 Å². The average molecular weight is 451 g/mol. The van der Waals surface area contributed by atoms with Gasteiger partial charge in [-0.05, 0) is 29.8 Å². The third-order valence-electron chi connectivity index (χ3n) is 5.65. The van der Waals surface area contributed by atoms with Crippen molar-refractivity contribution >= 4 is 23.5 Å². The molecule has 1 unspecified atom stereocenters. The minimum Gasteiger partial charge on any atom is -0.307 e. The predicted octanol–water partition coefficient (Wildman–Crippen LogP) is 3.17. The predicted molar refractivity (Wildman–Crippen MR) is 125 cm³/mol. The van der Waals surface area contributed by atoms with Crippen LogP contribution in [0.1, 0.15) is 32.0 Å². The summed E-state index contributed by atoms with van der Waals surface area (Å²) in [6, 6.07) is 22.2. The minimum atomic E-state index is -1.03. The van der Waals surface area contributed by atoms with Gasteiger partial charge in [0.1, 0.15) is 6.04 Å². The first-order valence-corrected chi connectivity index (χ1v) is 10.9. The average Bonchev–Trinajstić information content (AvgIpc) is 3.40. The molecule has 34 heavy (non-hydrogen) atoms. The van der Waals surface area contributed by atoms with E-state index in [1.165, 1.54) is 0 Å². The Balaban J connectivity index is 1.39. The Hall–Kier alpha value is -4.59. The fourth-order valence-electron chi connectivity index (χ4n) is 4.01. The van der Waals surface area contributed by atoms with Crippen molar-refractivity contribution in [2.45, 2.75) is 19.0 Å². The van der Waals surface area contributed by atoms with Crippen molar-refractivity contribution in [3.05, 3.63) is 114 Å². The molecule has 168 valence electrons. The van der Waals surface area contributed by atoms with E-state index in [2.05, 4.69) is 15.4 Å². The lowest BCUT2D eigenvalue weighted by Gasteiger charge is -2.25. The molecule has 1 atom stereocenters. The topological polar surface area (TPSA) is 97.2 Å². The van der Waals surface area contributed by atoms with Gasteiger partial charge in [0, 0.05) is 24.9 Å². The Morgan fingerprint density at radius 1 is 0.853 bits per heavy atom. The third kappa shape index (κ3) is 4.21. The van der Waals surface area contributed by atoms with Crippen molar-refractivity contribution in [1.29, 1.82) is 0 Å². The van der Waals surface area contributed by atoms with Crippen LogP contribution in [0, 0.1) is 0 Å². The van der Waals surface area contributed by atoms with Crippen molar-refractivity contribution in [2.75, 3.05) is 5.32 Å². The van der Waals surface area contributed by atoms with Crippen molar-refractivity contribution < 1.29 is 14.4 Å². The maximum absolute atomic E-state index is 13.4. The molecule has 8 nitrogen and oxygen atoms in total. The third-order valence-corrected chi connectivity index (χ3v) is 5.65. The maximum Gasteiger partial charge on any atom is 0.262 e.